The summed E-state index contributed by atoms with van der Waals surface area (Å²) in [6.07, 6.45) is 1.56. The van der Waals surface area contributed by atoms with E-state index in [4.69, 9.17) is 4.74 Å². The smallest absolute Gasteiger partial charge is 0.257 e. The average Bonchev–Trinajstić information content (AvgIpc) is 2.67. The number of aromatic nitrogens is 1. The lowest BCUT2D eigenvalue weighted by Crippen LogP contribution is -2.14. The number of amides is 1. The van der Waals surface area contributed by atoms with Crippen molar-refractivity contribution in [3.05, 3.63) is 77.5 Å². The van der Waals surface area contributed by atoms with Crippen LogP contribution in [0.25, 0.3) is 0 Å². The largest absolute Gasteiger partial charge is 0.492 e. The topological polar surface area (TPSA) is 63.2 Å². The zero-order valence-corrected chi connectivity index (χ0v) is 15.7. The van der Waals surface area contributed by atoms with Crippen molar-refractivity contribution >= 4 is 23.1 Å². The molecule has 0 aliphatic rings. The molecule has 0 aliphatic carbocycles. The summed E-state index contributed by atoms with van der Waals surface area (Å²) in [5.74, 6) is 1.23. The fourth-order valence-corrected chi connectivity index (χ4v) is 2.79. The Bertz CT molecular complexity index is 916. The first kappa shape index (κ1) is 18.5. The highest BCUT2D eigenvalue weighted by Crippen LogP contribution is 2.26. The number of para-hydroxylation sites is 3. The van der Waals surface area contributed by atoms with Crippen molar-refractivity contribution in [1.29, 1.82) is 0 Å². The van der Waals surface area contributed by atoms with E-state index < -0.39 is 0 Å². The molecule has 0 unspecified atom stereocenters. The molecule has 2 aromatic carbocycles. The first-order valence-corrected chi connectivity index (χ1v) is 8.91. The lowest BCUT2D eigenvalue weighted by atomic mass is 10.1. The second kappa shape index (κ2) is 8.36. The van der Waals surface area contributed by atoms with Crippen LogP contribution in [0.3, 0.4) is 0 Å². The zero-order valence-electron chi connectivity index (χ0n) is 15.7. The van der Waals surface area contributed by atoms with E-state index in [0.717, 1.165) is 28.3 Å². The number of ether oxygens (including phenoxy) is 1. The van der Waals surface area contributed by atoms with Gasteiger partial charge < -0.3 is 15.4 Å². The van der Waals surface area contributed by atoms with Gasteiger partial charge in [-0.1, -0.05) is 30.3 Å². The number of aryl methyl sites for hydroxylation is 2. The Balaban J connectivity index is 1.73. The van der Waals surface area contributed by atoms with E-state index in [1.165, 1.54) is 0 Å². The first-order valence-electron chi connectivity index (χ1n) is 8.91. The molecule has 3 rings (SSSR count). The summed E-state index contributed by atoms with van der Waals surface area (Å²) >= 11 is 0. The number of anilines is 3. The van der Waals surface area contributed by atoms with Gasteiger partial charge in [0.25, 0.3) is 5.91 Å². The molecule has 0 atom stereocenters. The van der Waals surface area contributed by atoms with Crippen LogP contribution in [0.1, 0.15) is 28.4 Å². The van der Waals surface area contributed by atoms with Crippen LogP contribution in [-0.4, -0.2) is 17.5 Å². The number of benzene rings is 2. The highest BCUT2D eigenvalue weighted by Gasteiger charge is 2.11. The highest BCUT2D eigenvalue weighted by molar-refractivity contribution is 6.05. The minimum absolute atomic E-state index is 0.179. The second-order valence-corrected chi connectivity index (χ2v) is 6.21. The van der Waals surface area contributed by atoms with E-state index in [1.54, 1.807) is 18.3 Å². The predicted octanol–water partition coefficient (Wildman–Crippen LogP) is 5.09. The lowest BCUT2D eigenvalue weighted by molar-refractivity contribution is 0.102. The lowest BCUT2D eigenvalue weighted by Gasteiger charge is -2.13. The third kappa shape index (κ3) is 4.44. The van der Waals surface area contributed by atoms with E-state index in [1.807, 2.05) is 63.2 Å². The van der Waals surface area contributed by atoms with Gasteiger partial charge in [0.1, 0.15) is 11.6 Å². The van der Waals surface area contributed by atoms with Gasteiger partial charge in [0.2, 0.25) is 0 Å². The molecule has 5 nitrogen and oxygen atoms in total. The van der Waals surface area contributed by atoms with Crippen LogP contribution in [0.2, 0.25) is 0 Å². The van der Waals surface area contributed by atoms with Gasteiger partial charge >= 0.3 is 0 Å². The number of pyridine rings is 1. The van der Waals surface area contributed by atoms with Gasteiger partial charge in [0.05, 0.1) is 17.9 Å². The number of carbonyl (C=O) groups is 1. The predicted molar refractivity (Wildman–Crippen MR) is 109 cm³/mol. The van der Waals surface area contributed by atoms with Crippen molar-refractivity contribution in [1.82, 2.24) is 4.98 Å². The van der Waals surface area contributed by atoms with Gasteiger partial charge in [0, 0.05) is 11.9 Å². The molecule has 0 saturated heterocycles. The van der Waals surface area contributed by atoms with Crippen molar-refractivity contribution in [2.75, 3.05) is 17.2 Å². The third-order valence-electron chi connectivity index (χ3n) is 4.19. The number of hydrogen-bond donors (Lipinski definition) is 2. The van der Waals surface area contributed by atoms with E-state index in [-0.39, 0.29) is 5.91 Å². The molecule has 138 valence electrons. The minimum atomic E-state index is -0.179. The number of nitrogens with zero attached hydrogens (tertiary/aromatic N) is 1. The highest BCUT2D eigenvalue weighted by atomic mass is 16.5. The molecule has 1 aromatic heterocycles. The van der Waals surface area contributed by atoms with Gasteiger partial charge in [-0.25, -0.2) is 4.98 Å². The van der Waals surface area contributed by atoms with Gasteiger partial charge in [-0.05, 0) is 56.2 Å². The summed E-state index contributed by atoms with van der Waals surface area (Å²) in [6, 6.07) is 17.1. The molecule has 2 N–H and O–H groups in total. The van der Waals surface area contributed by atoms with Gasteiger partial charge in [-0.2, -0.15) is 0 Å². The SMILES string of the molecule is CCOc1ccccc1Nc1ccc(C(=O)Nc2c(C)cccc2C)cn1. The Morgan fingerprint density at radius 3 is 2.41 bits per heavy atom. The van der Waals surface area contributed by atoms with Crippen molar-refractivity contribution < 1.29 is 9.53 Å². The van der Waals surface area contributed by atoms with E-state index in [0.29, 0.717) is 18.0 Å². The molecule has 0 fully saturated rings. The second-order valence-electron chi connectivity index (χ2n) is 6.21. The Morgan fingerprint density at radius 1 is 1.00 bits per heavy atom. The standard InChI is InChI=1S/C22H23N3O2/c1-4-27-19-11-6-5-10-18(19)24-20-13-12-17(14-23-20)22(26)25-21-15(2)8-7-9-16(21)3/h5-14H,4H2,1-3H3,(H,23,24)(H,25,26). The molecular formula is C22H23N3O2. The maximum atomic E-state index is 12.5. The summed E-state index contributed by atoms with van der Waals surface area (Å²) in [5.41, 5.74) is 4.24. The fourth-order valence-electron chi connectivity index (χ4n) is 2.79. The summed E-state index contributed by atoms with van der Waals surface area (Å²) < 4.78 is 5.61. The van der Waals surface area contributed by atoms with Crippen LogP contribution >= 0.6 is 0 Å². The van der Waals surface area contributed by atoms with E-state index in [9.17, 15) is 4.79 Å². The minimum Gasteiger partial charge on any atom is -0.492 e. The van der Waals surface area contributed by atoms with Gasteiger partial charge in [-0.3, -0.25) is 4.79 Å². The number of nitrogens with one attached hydrogen (secondary N) is 2. The molecule has 0 aliphatic heterocycles. The number of carbonyl (C=O) groups excluding carboxylic acids is 1. The Hall–Kier alpha value is -3.34. The number of hydrogen-bond acceptors (Lipinski definition) is 4. The van der Waals surface area contributed by atoms with E-state index >= 15 is 0 Å². The van der Waals surface area contributed by atoms with Crippen LogP contribution in [0.15, 0.2) is 60.8 Å². The van der Waals surface area contributed by atoms with Crippen LogP contribution in [0.4, 0.5) is 17.2 Å². The van der Waals surface area contributed by atoms with Crippen LogP contribution in [0.5, 0.6) is 5.75 Å². The normalized spacial score (nSPS) is 10.3. The van der Waals surface area contributed by atoms with Gasteiger partial charge in [-0.15, -0.1) is 0 Å². The van der Waals surface area contributed by atoms with Crippen molar-refractivity contribution in [3.63, 3.8) is 0 Å². The van der Waals surface area contributed by atoms with Crippen molar-refractivity contribution in [2.45, 2.75) is 20.8 Å². The molecular weight excluding hydrogens is 338 g/mol. The number of rotatable bonds is 6. The average molecular weight is 361 g/mol. The maximum absolute atomic E-state index is 12.5. The van der Waals surface area contributed by atoms with Crippen LogP contribution in [0, 0.1) is 13.8 Å². The van der Waals surface area contributed by atoms with Crippen molar-refractivity contribution in [2.24, 2.45) is 0 Å². The summed E-state index contributed by atoms with van der Waals surface area (Å²) in [5, 5.41) is 6.19. The molecule has 3 aromatic rings. The molecule has 27 heavy (non-hydrogen) atoms. The third-order valence-corrected chi connectivity index (χ3v) is 4.19. The van der Waals surface area contributed by atoms with Crippen LogP contribution < -0.4 is 15.4 Å². The molecule has 0 saturated carbocycles. The quantitative estimate of drug-likeness (QED) is 0.642. The maximum Gasteiger partial charge on any atom is 0.257 e. The summed E-state index contributed by atoms with van der Waals surface area (Å²) in [6.45, 7) is 6.48. The molecule has 5 heteroatoms. The summed E-state index contributed by atoms with van der Waals surface area (Å²) in [7, 11) is 0. The monoisotopic (exact) mass is 361 g/mol. The van der Waals surface area contributed by atoms with Crippen molar-refractivity contribution in [3.8, 4) is 5.75 Å². The Kier molecular flexibility index (Phi) is 5.71. The zero-order chi connectivity index (χ0) is 19.2. The molecule has 0 bridgehead atoms. The van der Waals surface area contributed by atoms with Crippen LogP contribution in [-0.2, 0) is 0 Å². The van der Waals surface area contributed by atoms with Gasteiger partial charge in [0.15, 0.2) is 0 Å². The first-order chi connectivity index (χ1) is 13.1. The summed E-state index contributed by atoms with van der Waals surface area (Å²) in [4.78, 5) is 16.9. The van der Waals surface area contributed by atoms with E-state index in [2.05, 4.69) is 15.6 Å². The Morgan fingerprint density at radius 2 is 1.74 bits per heavy atom. The molecule has 1 heterocycles. The fraction of sp³-hybridized carbons (Fsp3) is 0.182. The molecule has 0 radical (unpaired) electrons. The molecule has 0 spiro atoms. The molecule has 1 amide bonds. The Labute approximate surface area is 159 Å².